The number of amides is 1. The summed E-state index contributed by atoms with van der Waals surface area (Å²) in [5, 5.41) is 8.08. The van der Waals surface area contributed by atoms with Gasteiger partial charge in [0.2, 0.25) is 0 Å². The Balaban J connectivity index is 0.000000170. The van der Waals surface area contributed by atoms with Crippen LogP contribution < -0.4 is 11.1 Å². The van der Waals surface area contributed by atoms with Gasteiger partial charge in [0.25, 0.3) is 5.91 Å². The number of hydrogen-bond acceptors (Lipinski definition) is 5. The highest BCUT2D eigenvalue weighted by atomic mass is 32.2. The van der Waals surface area contributed by atoms with Crippen molar-refractivity contribution in [2.24, 2.45) is 12.8 Å². The van der Waals surface area contributed by atoms with Crippen LogP contribution in [0.2, 0.25) is 0 Å². The van der Waals surface area contributed by atoms with Gasteiger partial charge in [-0.3, -0.25) is 14.5 Å². The molecule has 0 saturated heterocycles. The largest absolute Gasteiger partial charge is 0.368 e. The van der Waals surface area contributed by atoms with Crippen molar-refractivity contribution in [1.29, 1.82) is 0 Å². The van der Waals surface area contributed by atoms with Crippen LogP contribution in [-0.2, 0) is 12.5 Å². The average molecular weight is 410 g/mol. The Kier molecular flexibility index (Phi) is 5.98. The number of anilines is 1. The standard InChI is InChI=1S/C13H12N2S.C9H15N3O/c1-9-7-14-8-11-12(9)15-13(16-11)10-5-3-2-4-6-10;1-9(2,3)7-5-6(8(10)13)12(4)11-7/h2-8,13,15H,1H3;5H,1-4H3,(H2,10,13). The molecule has 1 unspecified atom stereocenters. The Morgan fingerprint density at radius 2 is 1.90 bits per heavy atom. The molecule has 1 atom stereocenters. The number of fused-ring (bicyclic) bond motifs is 1. The molecule has 152 valence electrons. The number of benzene rings is 1. The van der Waals surface area contributed by atoms with Crippen molar-refractivity contribution < 1.29 is 4.79 Å². The molecule has 1 aliphatic rings. The number of hydrogen-bond donors (Lipinski definition) is 2. The maximum atomic E-state index is 10.9. The molecular formula is C22H27N5OS. The minimum Gasteiger partial charge on any atom is -0.368 e. The van der Waals surface area contributed by atoms with Crippen molar-refractivity contribution >= 4 is 23.4 Å². The monoisotopic (exact) mass is 409 g/mol. The molecule has 3 heterocycles. The Morgan fingerprint density at radius 3 is 2.41 bits per heavy atom. The van der Waals surface area contributed by atoms with Gasteiger partial charge in [-0.2, -0.15) is 5.10 Å². The number of nitrogens with one attached hydrogen (secondary N) is 1. The first kappa shape index (κ1) is 20.9. The van der Waals surface area contributed by atoms with Crippen LogP contribution in [0.1, 0.15) is 53.5 Å². The maximum absolute atomic E-state index is 10.9. The molecule has 1 aliphatic heterocycles. The molecule has 4 rings (SSSR count). The van der Waals surface area contributed by atoms with Crippen LogP contribution in [0.25, 0.3) is 0 Å². The molecule has 0 saturated carbocycles. The Morgan fingerprint density at radius 1 is 1.21 bits per heavy atom. The number of nitrogens with two attached hydrogens (primary N) is 1. The number of pyridine rings is 1. The molecular weight excluding hydrogens is 382 g/mol. The van der Waals surface area contributed by atoms with E-state index in [0.717, 1.165) is 5.69 Å². The van der Waals surface area contributed by atoms with Crippen LogP contribution >= 0.6 is 11.8 Å². The van der Waals surface area contributed by atoms with Crippen molar-refractivity contribution in [1.82, 2.24) is 14.8 Å². The van der Waals surface area contributed by atoms with Gasteiger partial charge in [0.1, 0.15) is 11.1 Å². The van der Waals surface area contributed by atoms with Crippen molar-refractivity contribution in [3.63, 3.8) is 0 Å². The number of carbonyl (C=O) groups is 1. The molecule has 0 fully saturated rings. The highest BCUT2D eigenvalue weighted by Crippen LogP contribution is 2.47. The summed E-state index contributed by atoms with van der Waals surface area (Å²) in [4.78, 5) is 16.4. The van der Waals surface area contributed by atoms with E-state index >= 15 is 0 Å². The second-order valence-corrected chi connectivity index (χ2v) is 9.18. The minimum absolute atomic E-state index is 0.0501. The smallest absolute Gasteiger partial charge is 0.266 e. The first-order valence-electron chi connectivity index (χ1n) is 9.44. The number of aromatic nitrogens is 3. The summed E-state index contributed by atoms with van der Waals surface area (Å²) in [5.41, 5.74) is 10.2. The van der Waals surface area contributed by atoms with Gasteiger partial charge in [-0.1, -0.05) is 62.9 Å². The third-order valence-electron chi connectivity index (χ3n) is 4.62. The number of rotatable bonds is 2. The summed E-state index contributed by atoms with van der Waals surface area (Å²) in [6.45, 7) is 8.22. The van der Waals surface area contributed by atoms with E-state index < -0.39 is 5.91 Å². The lowest BCUT2D eigenvalue weighted by Gasteiger charge is -2.13. The first-order chi connectivity index (χ1) is 13.7. The maximum Gasteiger partial charge on any atom is 0.266 e. The molecule has 6 nitrogen and oxygen atoms in total. The highest BCUT2D eigenvalue weighted by molar-refractivity contribution is 8.00. The molecule has 1 amide bonds. The second kappa shape index (κ2) is 8.29. The minimum atomic E-state index is -0.439. The van der Waals surface area contributed by atoms with Crippen LogP contribution in [0, 0.1) is 6.92 Å². The molecule has 3 N–H and O–H groups in total. The normalized spacial score (nSPS) is 15.1. The molecule has 0 spiro atoms. The lowest BCUT2D eigenvalue weighted by Crippen LogP contribution is -2.15. The van der Waals surface area contributed by atoms with E-state index in [1.807, 2.05) is 51.0 Å². The molecule has 2 aromatic heterocycles. The molecule has 1 aromatic carbocycles. The van der Waals surface area contributed by atoms with Crippen LogP contribution in [0.15, 0.2) is 53.7 Å². The number of thioether (sulfide) groups is 1. The van der Waals surface area contributed by atoms with E-state index in [1.165, 1.54) is 26.4 Å². The van der Waals surface area contributed by atoms with Crippen LogP contribution in [0.4, 0.5) is 5.69 Å². The summed E-state index contributed by atoms with van der Waals surface area (Å²) < 4.78 is 1.52. The Bertz CT molecular complexity index is 1010. The van der Waals surface area contributed by atoms with Gasteiger partial charge in [-0.05, 0) is 24.1 Å². The number of nitrogens with zero attached hydrogens (tertiary/aromatic N) is 3. The molecule has 7 heteroatoms. The van der Waals surface area contributed by atoms with Gasteiger partial charge >= 0.3 is 0 Å². The van der Waals surface area contributed by atoms with E-state index in [0.29, 0.717) is 11.1 Å². The van der Waals surface area contributed by atoms with Crippen LogP contribution in [-0.4, -0.2) is 20.7 Å². The van der Waals surface area contributed by atoms with E-state index in [1.54, 1.807) is 13.1 Å². The average Bonchev–Trinajstić information content (AvgIpc) is 3.27. The number of primary amides is 1. The summed E-state index contributed by atoms with van der Waals surface area (Å²) in [6, 6.07) is 12.2. The third-order valence-corrected chi connectivity index (χ3v) is 5.81. The Hall–Kier alpha value is -2.80. The molecule has 0 aliphatic carbocycles. The van der Waals surface area contributed by atoms with Gasteiger partial charge in [0.05, 0.1) is 16.3 Å². The molecule has 0 radical (unpaired) electrons. The van der Waals surface area contributed by atoms with Gasteiger partial charge in [0.15, 0.2) is 0 Å². The Labute approximate surface area is 175 Å². The first-order valence-corrected chi connectivity index (χ1v) is 10.3. The highest BCUT2D eigenvalue weighted by Gasteiger charge is 2.24. The van der Waals surface area contributed by atoms with Gasteiger partial charge < -0.3 is 11.1 Å². The SMILES string of the molecule is Cc1cncc2c1NC(c1ccccc1)S2.Cn1nc(C(C)(C)C)cc1C(N)=O. The molecule has 3 aromatic rings. The molecule has 29 heavy (non-hydrogen) atoms. The lowest BCUT2D eigenvalue weighted by atomic mass is 9.92. The zero-order valence-electron chi connectivity index (χ0n) is 17.4. The molecule has 0 bridgehead atoms. The zero-order valence-corrected chi connectivity index (χ0v) is 18.2. The van der Waals surface area contributed by atoms with Gasteiger partial charge in [0, 0.05) is 24.9 Å². The van der Waals surface area contributed by atoms with Crippen molar-refractivity contribution in [2.75, 3.05) is 5.32 Å². The van der Waals surface area contributed by atoms with Crippen molar-refractivity contribution in [2.45, 2.75) is 43.4 Å². The fourth-order valence-corrected chi connectivity index (χ4v) is 4.13. The second-order valence-electron chi connectivity index (χ2n) is 8.04. The number of aryl methyl sites for hydroxylation is 2. The summed E-state index contributed by atoms with van der Waals surface area (Å²) in [5.74, 6) is -0.439. The fraction of sp³-hybridized carbons (Fsp3) is 0.318. The topological polar surface area (TPSA) is 85.8 Å². The third kappa shape index (κ3) is 4.79. The van der Waals surface area contributed by atoms with E-state index in [-0.39, 0.29) is 5.41 Å². The van der Waals surface area contributed by atoms with E-state index in [2.05, 4.69) is 46.6 Å². The fourth-order valence-electron chi connectivity index (χ4n) is 2.95. The van der Waals surface area contributed by atoms with Crippen molar-refractivity contribution in [3.05, 3.63) is 71.3 Å². The van der Waals surface area contributed by atoms with Crippen LogP contribution in [0.3, 0.4) is 0 Å². The van der Waals surface area contributed by atoms with E-state index in [9.17, 15) is 4.79 Å². The summed E-state index contributed by atoms with van der Waals surface area (Å²) >= 11 is 1.83. The lowest BCUT2D eigenvalue weighted by molar-refractivity contribution is 0.0991. The summed E-state index contributed by atoms with van der Waals surface area (Å²) in [6.07, 6.45) is 3.84. The zero-order chi connectivity index (χ0) is 21.2. The predicted molar refractivity (Wildman–Crippen MR) is 118 cm³/mol. The quantitative estimate of drug-likeness (QED) is 0.654. The predicted octanol–water partition coefficient (Wildman–Crippen LogP) is 4.42. The van der Waals surface area contributed by atoms with Crippen molar-refractivity contribution in [3.8, 4) is 0 Å². The number of carbonyl (C=O) groups excluding carboxylic acids is 1. The summed E-state index contributed by atoms with van der Waals surface area (Å²) in [7, 11) is 1.72. The van der Waals surface area contributed by atoms with E-state index in [4.69, 9.17) is 5.73 Å². The van der Waals surface area contributed by atoms with Gasteiger partial charge in [-0.15, -0.1) is 0 Å². The van der Waals surface area contributed by atoms with Gasteiger partial charge in [-0.25, -0.2) is 0 Å². The van der Waals surface area contributed by atoms with Crippen LogP contribution in [0.5, 0.6) is 0 Å².